The molecule has 7 nitrogen and oxygen atoms in total. The zero-order chi connectivity index (χ0) is 24.8. The lowest BCUT2D eigenvalue weighted by atomic mass is 10.1. The van der Waals surface area contributed by atoms with Crippen LogP contribution in [0.1, 0.15) is 24.8 Å². The normalized spacial score (nSPS) is 15.7. The monoisotopic (exact) mass is 488 g/mol. The molecule has 0 bridgehead atoms. The molecule has 1 amide bonds. The van der Waals surface area contributed by atoms with Crippen molar-refractivity contribution in [1.29, 1.82) is 0 Å². The second kappa shape index (κ2) is 10.8. The zero-order valence-corrected chi connectivity index (χ0v) is 19.3. The maximum absolute atomic E-state index is 12.7. The fraction of sp³-hybridized carbons (Fsp3) is 0.360. The number of ether oxygens (including phenoxy) is 2. The van der Waals surface area contributed by atoms with E-state index in [0.717, 1.165) is 42.8 Å². The highest BCUT2D eigenvalue weighted by Gasteiger charge is 2.30. The molecule has 0 spiro atoms. The van der Waals surface area contributed by atoms with Crippen LogP contribution >= 0.6 is 0 Å². The molecular weight excluding hydrogens is 461 g/mol. The molecule has 2 N–H and O–H groups in total. The fourth-order valence-electron chi connectivity index (χ4n) is 3.97. The summed E-state index contributed by atoms with van der Waals surface area (Å²) in [4.78, 5) is 12.4. The van der Waals surface area contributed by atoms with Crippen LogP contribution in [0.25, 0.3) is 11.3 Å². The van der Waals surface area contributed by atoms with Crippen molar-refractivity contribution in [3.8, 4) is 22.8 Å². The van der Waals surface area contributed by atoms with Gasteiger partial charge in [-0.05, 0) is 74.3 Å². The van der Waals surface area contributed by atoms with Gasteiger partial charge in [-0.3, -0.25) is 9.48 Å². The Morgan fingerprint density at radius 3 is 2.63 bits per heavy atom. The minimum atomic E-state index is -4.43. The first-order valence-electron chi connectivity index (χ1n) is 11.4. The van der Waals surface area contributed by atoms with Crippen LogP contribution in [0.5, 0.6) is 11.5 Å². The van der Waals surface area contributed by atoms with Gasteiger partial charge in [-0.25, -0.2) is 0 Å². The third kappa shape index (κ3) is 6.54. The number of hydrogen-bond acceptors (Lipinski definition) is 5. The molecule has 1 unspecified atom stereocenters. The lowest BCUT2D eigenvalue weighted by Gasteiger charge is -2.16. The highest BCUT2D eigenvalue weighted by Crippen LogP contribution is 2.33. The number of nitrogens with zero attached hydrogens (tertiary/aromatic N) is 2. The minimum Gasteiger partial charge on any atom is -0.493 e. The van der Waals surface area contributed by atoms with Gasteiger partial charge in [0.1, 0.15) is 11.5 Å². The standard InChI is InChI=1S/C25H27F3N4O3/c1-32-22(10-13-30-32)21-15-19(6-9-23(21)34-14-11-18-3-2-12-29-18)31-24(33)16-35-20-7-4-17(5-8-20)25(26,27)28/h4-10,13,15,18,29H,2-3,11-12,14,16H2,1H3,(H,31,33). The SMILES string of the molecule is Cn1nccc1-c1cc(NC(=O)COc2ccc(C(F)(F)F)cc2)ccc1OCCC1CCCN1. The first-order valence-corrected chi connectivity index (χ1v) is 11.4. The Bertz CT molecular complexity index is 1140. The summed E-state index contributed by atoms with van der Waals surface area (Å²) in [6.45, 7) is 1.26. The molecule has 0 radical (unpaired) electrons. The van der Waals surface area contributed by atoms with E-state index in [9.17, 15) is 18.0 Å². The van der Waals surface area contributed by atoms with Crippen molar-refractivity contribution < 1.29 is 27.4 Å². The molecule has 1 fully saturated rings. The van der Waals surface area contributed by atoms with Gasteiger partial charge in [0.15, 0.2) is 6.61 Å². The number of aromatic nitrogens is 2. The highest BCUT2D eigenvalue weighted by atomic mass is 19.4. The topological polar surface area (TPSA) is 77.4 Å². The average molecular weight is 489 g/mol. The lowest BCUT2D eigenvalue weighted by molar-refractivity contribution is -0.137. The van der Waals surface area contributed by atoms with Crippen LogP contribution in [0.15, 0.2) is 54.7 Å². The van der Waals surface area contributed by atoms with Gasteiger partial charge in [-0.1, -0.05) is 0 Å². The highest BCUT2D eigenvalue weighted by molar-refractivity contribution is 5.93. The summed E-state index contributed by atoms with van der Waals surface area (Å²) in [5.74, 6) is 0.414. The van der Waals surface area contributed by atoms with Gasteiger partial charge < -0.3 is 20.1 Å². The maximum Gasteiger partial charge on any atom is 0.416 e. The molecule has 0 aliphatic carbocycles. The molecule has 1 aromatic heterocycles. The number of carbonyl (C=O) groups excluding carboxylic acids is 1. The van der Waals surface area contributed by atoms with E-state index in [1.54, 1.807) is 29.1 Å². The third-order valence-electron chi connectivity index (χ3n) is 5.80. The van der Waals surface area contributed by atoms with E-state index < -0.39 is 17.6 Å². The lowest BCUT2D eigenvalue weighted by Crippen LogP contribution is -2.23. The average Bonchev–Trinajstić information content (AvgIpc) is 3.50. The Hall–Kier alpha value is -3.53. The van der Waals surface area contributed by atoms with E-state index >= 15 is 0 Å². The van der Waals surface area contributed by atoms with Crippen molar-refractivity contribution in [2.45, 2.75) is 31.5 Å². The maximum atomic E-state index is 12.7. The number of nitrogens with one attached hydrogen (secondary N) is 2. The van der Waals surface area contributed by atoms with Gasteiger partial charge in [0, 0.05) is 30.5 Å². The van der Waals surface area contributed by atoms with Crippen molar-refractivity contribution in [3.63, 3.8) is 0 Å². The van der Waals surface area contributed by atoms with E-state index in [0.29, 0.717) is 24.1 Å². The zero-order valence-electron chi connectivity index (χ0n) is 19.3. The predicted molar refractivity (Wildman–Crippen MR) is 125 cm³/mol. The van der Waals surface area contributed by atoms with Crippen LogP contribution in [0.2, 0.25) is 0 Å². The van der Waals surface area contributed by atoms with E-state index in [4.69, 9.17) is 9.47 Å². The molecule has 2 aromatic carbocycles. The molecule has 3 aromatic rings. The molecule has 1 aliphatic heterocycles. The summed E-state index contributed by atoms with van der Waals surface area (Å²) in [5, 5.41) is 10.4. The molecule has 4 rings (SSSR count). The van der Waals surface area contributed by atoms with Crippen molar-refractivity contribution in [2.75, 3.05) is 25.1 Å². The smallest absolute Gasteiger partial charge is 0.416 e. The Morgan fingerprint density at radius 1 is 1.17 bits per heavy atom. The molecule has 1 atom stereocenters. The summed E-state index contributed by atoms with van der Waals surface area (Å²) >= 11 is 0. The number of benzene rings is 2. The second-order valence-electron chi connectivity index (χ2n) is 8.34. The van der Waals surface area contributed by atoms with E-state index in [-0.39, 0.29) is 12.4 Å². The van der Waals surface area contributed by atoms with E-state index in [2.05, 4.69) is 15.7 Å². The minimum absolute atomic E-state index is 0.171. The van der Waals surface area contributed by atoms with Gasteiger partial charge >= 0.3 is 6.18 Å². The Balaban J connectivity index is 1.39. The van der Waals surface area contributed by atoms with Gasteiger partial charge in [0.05, 0.1) is 17.9 Å². The van der Waals surface area contributed by atoms with Crippen molar-refractivity contribution >= 4 is 11.6 Å². The number of amides is 1. The quantitative estimate of drug-likeness (QED) is 0.459. The van der Waals surface area contributed by atoms with Gasteiger partial charge in [-0.2, -0.15) is 18.3 Å². The van der Waals surface area contributed by atoms with Crippen LogP contribution in [-0.4, -0.2) is 41.5 Å². The number of alkyl halides is 3. The first-order chi connectivity index (χ1) is 16.8. The summed E-state index contributed by atoms with van der Waals surface area (Å²) in [5.41, 5.74) is 1.37. The van der Waals surface area contributed by atoms with Crippen LogP contribution in [0.4, 0.5) is 18.9 Å². The van der Waals surface area contributed by atoms with Crippen LogP contribution in [0.3, 0.4) is 0 Å². The molecule has 35 heavy (non-hydrogen) atoms. The van der Waals surface area contributed by atoms with Crippen LogP contribution in [0, 0.1) is 0 Å². The Labute approximate surface area is 201 Å². The molecule has 2 heterocycles. The summed E-state index contributed by atoms with van der Waals surface area (Å²) < 4.78 is 51.2. The number of rotatable bonds is 9. The third-order valence-corrected chi connectivity index (χ3v) is 5.80. The number of aryl methyl sites for hydroxylation is 1. The molecule has 0 saturated carbocycles. The van der Waals surface area contributed by atoms with Gasteiger partial charge in [0.25, 0.3) is 5.91 Å². The first kappa shape index (κ1) is 24.6. The van der Waals surface area contributed by atoms with E-state index in [1.807, 2.05) is 13.1 Å². The molecule has 1 aliphatic rings. The number of anilines is 1. The van der Waals surface area contributed by atoms with Gasteiger partial charge in [0.2, 0.25) is 0 Å². The second-order valence-corrected chi connectivity index (χ2v) is 8.34. The number of halogens is 3. The number of hydrogen-bond donors (Lipinski definition) is 2. The Morgan fingerprint density at radius 2 is 1.97 bits per heavy atom. The molecule has 10 heteroatoms. The fourth-order valence-corrected chi connectivity index (χ4v) is 3.97. The van der Waals surface area contributed by atoms with Crippen molar-refractivity contribution in [3.05, 3.63) is 60.3 Å². The molecule has 1 saturated heterocycles. The predicted octanol–water partition coefficient (Wildman–Crippen LogP) is 4.64. The van der Waals surface area contributed by atoms with Crippen molar-refractivity contribution in [1.82, 2.24) is 15.1 Å². The summed E-state index contributed by atoms with van der Waals surface area (Å²) in [6, 6.07) is 11.9. The Kier molecular flexibility index (Phi) is 7.60. The van der Waals surface area contributed by atoms with E-state index in [1.165, 1.54) is 18.6 Å². The summed E-state index contributed by atoms with van der Waals surface area (Å²) in [6.07, 6.45) is 0.499. The van der Waals surface area contributed by atoms with Gasteiger partial charge in [-0.15, -0.1) is 0 Å². The van der Waals surface area contributed by atoms with Crippen LogP contribution in [-0.2, 0) is 18.0 Å². The largest absolute Gasteiger partial charge is 0.493 e. The number of carbonyl (C=O) groups is 1. The summed E-state index contributed by atoms with van der Waals surface area (Å²) in [7, 11) is 1.82. The molecular formula is C25H27F3N4O3. The van der Waals surface area contributed by atoms with Crippen molar-refractivity contribution in [2.24, 2.45) is 7.05 Å². The van der Waals surface area contributed by atoms with Crippen LogP contribution < -0.4 is 20.1 Å². The molecule has 186 valence electrons.